The fraction of sp³-hybridized carbons (Fsp3) is 0.857. The predicted molar refractivity (Wildman–Crippen MR) is 71.9 cm³/mol. The van der Waals surface area contributed by atoms with Crippen LogP contribution in [0.2, 0.25) is 0 Å². The first-order chi connectivity index (χ1) is 7.56. The van der Waals surface area contributed by atoms with E-state index in [1.165, 1.54) is 25.7 Å². The van der Waals surface area contributed by atoms with Gasteiger partial charge < -0.3 is 10.1 Å². The Hall–Kier alpha value is -0.340. The summed E-state index contributed by atoms with van der Waals surface area (Å²) < 4.78 is 5.45. The van der Waals surface area contributed by atoms with Crippen LogP contribution >= 0.6 is 0 Å². The summed E-state index contributed by atoms with van der Waals surface area (Å²) in [6, 6.07) is 0. The number of hydrogen-bond donors (Lipinski definition) is 1. The maximum atomic E-state index is 5.45. The number of nitrogens with one attached hydrogen (secondary N) is 1. The quantitative estimate of drug-likeness (QED) is 0.455. The van der Waals surface area contributed by atoms with Gasteiger partial charge in [-0.1, -0.05) is 18.9 Å². The van der Waals surface area contributed by atoms with E-state index in [-0.39, 0.29) is 5.54 Å². The SMILES string of the molecule is C=CCCOCCCCCCNC(C)(C)C. The van der Waals surface area contributed by atoms with E-state index in [9.17, 15) is 0 Å². The highest BCUT2D eigenvalue weighted by molar-refractivity contribution is 4.69. The minimum absolute atomic E-state index is 0.258. The van der Waals surface area contributed by atoms with Crippen LogP contribution in [0.5, 0.6) is 0 Å². The molecule has 0 aromatic carbocycles. The molecule has 0 saturated heterocycles. The first kappa shape index (κ1) is 15.7. The first-order valence-electron chi connectivity index (χ1n) is 6.50. The van der Waals surface area contributed by atoms with Crippen molar-refractivity contribution in [3.8, 4) is 0 Å². The van der Waals surface area contributed by atoms with E-state index < -0.39 is 0 Å². The van der Waals surface area contributed by atoms with Gasteiger partial charge in [0, 0.05) is 18.8 Å². The van der Waals surface area contributed by atoms with Crippen LogP contribution in [0.4, 0.5) is 0 Å². The molecular weight excluding hydrogens is 198 g/mol. The average Bonchev–Trinajstić information content (AvgIpc) is 2.19. The molecule has 0 atom stereocenters. The van der Waals surface area contributed by atoms with Gasteiger partial charge in [0.05, 0.1) is 0 Å². The fourth-order valence-electron chi connectivity index (χ4n) is 1.41. The number of rotatable bonds is 10. The molecule has 2 nitrogen and oxygen atoms in total. The molecule has 0 heterocycles. The molecule has 0 aliphatic heterocycles. The van der Waals surface area contributed by atoms with Gasteiger partial charge in [0.15, 0.2) is 0 Å². The van der Waals surface area contributed by atoms with Gasteiger partial charge in [-0.15, -0.1) is 6.58 Å². The topological polar surface area (TPSA) is 21.3 Å². The summed E-state index contributed by atoms with van der Waals surface area (Å²) in [7, 11) is 0. The minimum Gasteiger partial charge on any atom is -0.381 e. The molecule has 2 heteroatoms. The Morgan fingerprint density at radius 1 is 1.06 bits per heavy atom. The molecule has 96 valence electrons. The molecule has 0 fully saturated rings. The van der Waals surface area contributed by atoms with Crippen molar-refractivity contribution >= 4 is 0 Å². The fourth-order valence-corrected chi connectivity index (χ4v) is 1.41. The molecule has 0 saturated carbocycles. The lowest BCUT2D eigenvalue weighted by Gasteiger charge is -2.20. The molecule has 0 aromatic heterocycles. The third kappa shape index (κ3) is 13.7. The van der Waals surface area contributed by atoms with Crippen molar-refractivity contribution in [1.82, 2.24) is 5.32 Å². The lowest BCUT2D eigenvalue weighted by atomic mass is 10.1. The maximum absolute atomic E-state index is 5.45. The second kappa shape index (κ2) is 9.86. The summed E-state index contributed by atoms with van der Waals surface area (Å²) in [6.07, 6.45) is 7.90. The normalized spacial score (nSPS) is 11.7. The van der Waals surface area contributed by atoms with Gasteiger partial charge in [-0.05, 0) is 46.6 Å². The van der Waals surface area contributed by atoms with Crippen LogP contribution in [-0.4, -0.2) is 25.3 Å². The second-order valence-corrected chi connectivity index (χ2v) is 5.28. The molecule has 0 spiro atoms. The van der Waals surface area contributed by atoms with Gasteiger partial charge in [-0.3, -0.25) is 0 Å². The highest BCUT2D eigenvalue weighted by atomic mass is 16.5. The van der Waals surface area contributed by atoms with Crippen molar-refractivity contribution in [3.63, 3.8) is 0 Å². The molecule has 0 aromatic rings. The van der Waals surface area contributed by atoms with E-state index >= 15 is 0 Å². The number of hydrogen-bond acceptors (Lipinski definition) is 2. The van der Waals surface area contributed by atoms with Crippen molar-refractivity contribution in [2.45, 2.75) is 58.4 Å². The molecule has 16 heavy (non-hydrogen) atoms. The van der Waals surface area contributed by atoms with E-state index in [2.05, 4.69) is 32.7 Å². The Kier molecular flexibility index (Phi) is 9.65. The zero-order valence-corrected chi connectivity index (χ0v) is 11.3. The molecule has 0 aliphatic carbocycles. The highest BCUT2D eigenvalue weighted by Crippen LogP contribution is 2.02. The zero-order valence-electron chi connectivity index (χ0n) is 11.3. The van der Waals surface area contributed by atoms with Crippen LogP contribution in [0, 0.1) is 0 Å². The molecule has 0 bridgehead atoms. The van der Waals surface area contributed by atoms with Gasteiger partial charge in [0.25, 0.3) is 0 Å². The van der Waals surface area contributed by atoms with Crippen LogP contribution in [0.25, 0.3) is 0 Å². The number of unbranched alkanes of at least 4 members (excludes halogenated alkanes) is 3. The zero-order chi connectivity index (χ0) is 12.3. The Balaban J connectivity index is 3.01. The van der Waals surface area contributed by atoms with Crippen molar-refractivity contribution in [2.75, 3.05) is 19.8 Å². The lowest BCUT2D eigenvalue weighted by molar-refractivity contribution is 0.134. The summed E-state index contributed by atoms with van der Waals surface area (Å²) in [6.45, 7) is 13.1. The van der Waals surface area contributed by atoms with Gasteiger partial charge >= 0.3 is 0 Å². The third-order valence-electron chi connectivity index (χ3n) is 2.34. The van der Waals surface area contributed by atoms with Crippen LogP contribution < -0.4 is 5.32 Å². The molecular formula is C14H29NO. The monoisotopic (exact) mass is 227 g/mol. The third-order valence-corrected chi connectivity index (χ3v) is 2.34. The Morgan fingerprint density at radius 3 is 2.38 bits per heavy atom. The van der Waals surface area contributed by atoms with Gasteiger partial charge in [-0.25, -0.2) is 0 Å². The summed E-state index contributed by atoms with van der Waals surface area (Å²) in [5.41, 5.74) is 0.258. The van der Waals surface area contributed by atoms with E-state index in [4.69, 9.17) is 4.74 Å². The highest BCUT2D eigenvalue weighted by Gasteiger charge is 2.06. The summed E-state index contributed by atoms with van der Waals surface area (Å²) in [5.74, 6) is 0. The molecule has 1 N–H and O–H groups in total. The standard InChI is InChI=1S/C14H29NO/c1-5-6-12-16-13-10-8-7-9-11-15-14(2,3)4/h5,15H,1,6-13H2,2-4H3. The minimum atomic E-state index is 0.258. The van der Waals surface area contributed by atoms with Gasteiger partial charge in [0.1, 0.15) is 0 Å². The van der Waals surface area contributed by atoms with Crippen molar-refractivity contribution in [3.05, 3.63) is 12.7 Å². The van der Waals surface area contributed by atoms with E-state index in [1.54, 1.807) is 0 Å². The van der Waals surface area contributed by atoms with Crippen LogP contribution in [0.1, 0.15) is 52.9 Å². The van der Waals surface area contributed by atoms with Gasteiger partial charge in [0.2, 0.25) is 0 Å². The Morgan fingerprint density at radius 2 is 1.75 bits per heavy atom. The Labute approximate surface area is 101 Å². The van der Waals surface area contributed by atoms with Crippen molar-refractivity contribution in [2.24, 2.45) is 0 Å². The average molecular weight is 227 g/mol. The predicted octanol–water partition coefficient (Wildman–Crippen LogP) is 3.53. The van der Waals surface area contributed by atoms with Crippen LogP contribution in [0.15, 0.2) is 12.7 Å². The lowest BCUT2D eigenvalue weighted by Crippen LogP contribution is -2.36. The van der Waals surface area contributed by atoms with E-state index in [0.29, 0.717) is 0 Å². The number of ether oxygens (including phenoxy) is 1. The first-order valence-corrected chi connectivity index (χ1v) is 6.50. The molecule has 0 radical (unpaired) electrons. The smallest absolute Gasteiger partial charge is 0.0500 e. The van der Waals surface area contributed by atoms with Crippen LogP contribution in [0.3, 0.4) is 0 Å². The molecule has 0 unspecified atom stereocenters. The second-order valence-electron chi connectivity index (χ2n) is 5.28. The maximum Gasteiger partial charge on any atom is 0.0500 e. The van der Waals surface area contributed by atoms with E-state index in [1.807, 2.05) is 6.08 Å². The molecule has 0 aliphatic rings. The summed E-state index contributed by atoms with van der Waals surface area (Å²) in [4.78, 5) is 0. The molecule has 0 rings (SSSR count). The van der Waals surface area contributed by atoms with Gasteiger partial charge in [-0.2, -0.15) is 0 Å². The van der Waals surface area contributed by atoms with Crippen molar-refractivity contribution < 1.29 is 4.74 Å². The molecule has 0 amide bonds. The Bertz CT molecular complexity index is 161. The van der Waals surface area contributed by atoms with E-state index in [0.717, 1.165) is 26.2 Å². The largest absolute Gasteiger partial charge is 0.381 e. The van der Waals surface area contributed by atoms with Crippen LogP contribution in [-0.2, 0) is 4.74 Å². The van der Waals surface area contributed by atoms with Crippen molar-refractivity contribution in [1.29, 1.82) is 0 Å². The summed E-state index contributed by atoms with van der Waals surface area (Å²) >= 11 is 0. The summed E-state index contributed by atoms with van der Waals surface area (Å²) in [5, 5.41) is 3.50.